The van der Waals surface area contributed by atoms with E-state index in [9.17, 15) is 0 Å². The highest BCUT2D eigenvalue weighted by Crippen LogP contribution is 2.20. The third-order valence-corrected chi connectivity index (χ3v) is 2.96. The molecule has 3 rings (SSSR count). The number of amidine groups is 1. The fourth-order valence-electron chi connectivity index (χ4n) is 1.90. The van der Waals surface area contributed by atoms with E-state index in [1.54, 1.807) is 12.3 Å². The second-order valence-electron chi connectivity index (χ2n) is 4.21. The van der Waals surface area contributed by atoms with Crippen molar-refractivity contribution in [1.29, 1.82) is 0 Å². The van der Waals surface area contributed by atoms with Gasteiger partial charge in [0.25, 0.3) is 0 Å². The number of hydrazine groups is 1. The van der Waals surface area contributed by atoms with Crippen molar-refractivity contribution in [1.82, 2.24) is 20.8 Å². The van der Waals surface area contributed by atoms with Crippen LogP contribution >= 0.6 is 0 Å². The summed E-state index contributed by atoms with van der Waals surface area (Å²) in [6, 6.07) is 2.12. The first kappa shape index (κ1) is 10.4. The van der Waals surface area contributed by atoms with Crippen molar-refractivity contribution in [2.24, 2.45) is 10.9 Å². The third-order valence-electron chi connectivity index (χ3n) is 2.96. The number of hydrogen-bond donors (Lipinski definition) is 3. The van der Waals surface area contributed by atoms with E-state index in [1.165, 1.54) is 0 Å². The van der Waals surface area contributed by atoms with Gasteiger partial charge >= 0.3 is 0 Å². The highest BCUT2D eigenvalue weighted by Gasteiger charge is 2.32. The van der Waals surface area contributed by atoms with Crippen molar-refractivity contribution in [2.75, 3.05) is 18.9 Å². The SMILES string of the molecule is Nc1nccc(N=C2CC(C3COC3)NN2)n1. The Balaban J connectivity index is 1.69. The monoisotopic (exact) mass is 234 g/mol. The number of anilines is 1. The molecule has 2 aliphatic heterocycles. The molecule has 2 saturated heterocycles. The Labute approximate surface area is 98.5 Å². The van der Waals surface area contributed by atoms with Crippen molar-refractivity contribution in [3.8, 4) is 0 Å². The molecule has 1 unspecified atom stereocenters. The average molecular weight is 234 g/mol. The Morgan fingerprint density at radius 2 is 2.35 bits per heavy atom. The number of aliphatic imine (C=N–C) groups is 1. The Bertz CT molecular complexity index is 444. The van der Waals surface area contributed by atoms with E-state index in [0.717, 1.165) is 25.5 Å². The number of hydrogen-bond acceptors (Lipinski definition) is 6. The van der Waals surface area contributed by atoms with Crippen LogP contribution in [0.4, 0.5) is 11.8 Å². The van der Waals surface area contributed by atoms with Crippen LogP contribution in [0, 0.1) is 5.92 Å². The molecule has 0 spiro atoms. The van der Waals surface area contributed by atoms with Crippen LogP contribution in [0.5, 0.6) is 0 Å². The topological polar surface area (TPSA) is 97.5 Å². The summed E-state index contributed by atoms with van der Waals surface area (Å²) in [7, 11) is 0. The molecule has 4 N–H and O–H groups in total. The van der Waals surface area contributed by atoms with E-state index in [1.807, 2.05) is 0 Å². The summed E-state index contributed by atoms with van der Waals surface area (Å²) in [5.74, 6) is 2.26. The Hall–Kier alpha value is -1.73. The van der Waals surface area contributed by atoms with Gasteiger partial charge in [-0.25, -0.2) is 15.4 Å². The van der Waals surface area contributed by atoms with Crippen LogP contribution in [-0.4, -0.2) is 35.1 Å². The predicted octanol–water partition coefficient (Wildman–Crippen LogP) is -0.398. The molecule has 0 bridgehead atoms. The van der Waals surface area contributed by atoms with Crippen LogP contribution in [0.2, 0.25) is 0 Å². The molecule has 0 amide bonds. The summed E-state index contributed by atoms with van der Waals surface area (Å²) in [6.07, 6.45) is 2.46. The first-order chi connectivity index (χ1) is 8.31. The van der Waals surface area contributed by atoms with Gasteiger partial charge in [0.15, 0.2) is 5.82 Å². The fourth-order valence-corrected chi connectivity index (χ4v) is 1.90. The summed E-state index contributed by atoms with van der Waals surface area (Å²) in [6.45, 7) is 1.65. The predicted molar refractivity (Wildman–Crippen MR) is 62.5 cm³/mol. The highest BCUT2D eigenvalue weighted by molar-refractivity contribution is 5.86. The van der Waals surface area contributed by atoms with Crippen LogP contribution in [0.3, 0.4) is 0 Å². The fraction of sp³-hybridized carbons (Fsp3) is 0.500. The quantitative estimate of drug-likeness (QED) is 0.644. The van der Waals surface area contributed by atoms with Crippen LogP contribution in [0.1, 0.15) is 6.42 Å². The van der Waals surface area contributed by atoms with Crippen molar-refractivity contribution in [3.63, 3.8) is 0 Å². The summed E-state index contributed by atoms with van der Waals surface area (Å²) >= 11 is 0. The third kappa shape index (κ3) is 2.20. The zero-order valence-corrected chi connectivity index (χ0v) is 9.26. The molecule has 7 heteroatoms. The van der Waals surface area contributed by atoms with Gasteiger partial charge in [-0.15, -0.1) is 0 Å². The van der Waals surface area contributed by atoms with E-state index in [0.29, 0.717) is 17.8 Å². The largest absolute Gasteiger partial charge is 0.381 e. The molecule has 2 aliphatic rings. The maximum atomic E-state index is 5.49. The minimum absolute atomic E-state index is 0.238. The highest BCUT2D eigenvalue weighted by atomic mass is 16.5. The number of nitrogens with zero attached hydrogens (tertiary/aromatic N) is 3. The minimum atomic E-state index is 0.238. The zero-order valence-electron chi connectivity index (χ0n) is 9.26. The lowest BCUT2D eigenvalue weighted by atomic mass is 9.97. The first-order valence-electron chi connectivity index (χ1n) is 5.56. The molecule has 1 aromatic heterocycles. The van der Waals surface area contributed by atoms with E-state index >= 15 is 0 Å². The van der Waals surface area contributed by atoms with Crippen LogP contribution < -0.4 is 16.6 Å². The zero-order chi connectivity index (χ0) is 11.7. The molecule has 2 fully saturated rings. The van der Waals surface area contributed by atoms with Gasteiger partial charge < -0.3 is 15.9 Å². The minimum Gasteiger partial charge on any atom is -0.381 e. The van der Waals surface area contributed by atoms with Crippen molar-refractivity contribution >= 4 is 17.6 Å². The number of aromatic nitrogens is 2. The number of ether oxygens (including phenoxy) is 1. The molecular weight excluding hydrogens is 220 g/mol. The maximum absolute atomic E-state index is 5.49. The van der Waals surface area contributed by atoms with E-state index in [-0.39, 0.29) is 5.95 Å². The Morgan fingerprint density at radius 3 is 3.06 bits per heavy atom. The molecular formula is C10H14N6O. The Morgan fingerprint density at radius 1 is 1.47 bits per heavy atom. The molecule has 17 heavy (non-hydrogen) atoms. The van der Waals surface area contributed by atoms with Gasteiger partial charge in [0.05, 0.1) is 13.2 Å². The number of nitrogens with one attached hydrogen (secondary N) is 2. The normalized spacial score (nSPS) is 26.8. The average Bonchev–Trinajstić information content (AvgIpc) is 2.63. The molecule has 90 valence electrons. The number of nitrogens with two attached hydrogens (primary N) is 1. The molecule has 1 atom stereocenters. The molecule has 1 aromatic rings. The summed E-state index contributed by atoms with van der Waals surface area (Å²) < 4.78 is 5.17. The Kier molecular flexibility index (Phi) is 2.62. The number of nitrogen functional groups attached to an aromatic ring is 1. The standard InChI is InChI=1S/C10H14N6O/c11-10-12-2-1-8(14-10)13-9-3-7(15-16-9)6-4-17-5-6/h1-2,6-7,15H,3-5H2,(H3,11,12,13,14,16). The molecule has 0 radical (unpaired) electrons. The molecule has 0 aliphatic carbocycles. The summed E-state index contributed by atoms with van der Waals surface area (Å²) in [5.41, 5.74) is 11.8. The summed E-state index contributed by atoms with van der Waals surface area (Å²) in [4.78, 5) is 12.2. The summed E-state index contributed by atoms with van der Waals surface area (Å²) in [5, 5.41) is 0. The smallest absolute Gasteiger partial charge is 0.221 e. The van der Waals surface area contributed by atoms with Crippen molar-refractivity contribution in [2.45, 2.75) is 12.5 Å². The van der Waals surface area contributed by atoms with Crippen LogP contribution in [0.15, 0.2) is 17.3 Å². The van der Waals surface area contributed by atoms with Gasteiger partial charge in [-0.3, -0.25) is 0 Å². The van der Waals surface area contributed by atoms with Gasteiger partial charge in [-0.05, 0) is 0 Å². The van der Waals surface area contributed by atoms with Crippen molar-refractivity contribution < 1.29 is 4.74 Å². The van der Waals surface area contributed by atoms with Gasteiger partial charge in [0.1, 0.15) is 5.84 Å². The van der Waals surface area contributed by atoms with E-state index in [4.69, 9.17) is 10.5 Å². The van der Waals surface area contributed by atoms with Crippen LogP contribution in [0.25, 0.3) is 0 Å². The van der Waals surface area contributed by atoms with E-state index in [2.05, 4.69) is 25.8 Å². The van der Waals surface area contributed by atoms with Crippen LogP contribution in [-0.2, 0) is 4.74 Å². The van der Waals surface area contributed by atoms with Crippen molar-refractivity contribution in [3.05, 3.63) is 12.3 Å². The maximum Gasteiger partial charge on any atom is 0.221 e. The first-order valence-corrected chi connectivity index (χ1v) is 5.56. The van der Waals surface area contributed by atoms with Gasteiger partial charge in [0, 0.05) is 30.6 Å². The lowest BCUT2D eigenvalue weighted by Crippen LogP contribution is -2.45. The lowest BCUT2D eigenvalue weighted by molar-refractivity contribution is -0.0470. The van der Waals surface area contributed by atoms with Gasteiger partial charge in [0.2, 0.25) is 5.95 Å². The van der Waals surface area contributed by atoms with E-state index < -0.39 is 0 Å². The van der Waals surface area contributed by atoms with Gasteiger partial charge in [-0.2, -0.15) is 4.98 Å². The second-order valence-corrected chi connectivity index (χ2v) is 4.21. The molecule has 0 aromatic carbocycles. The second kappa shape index (κ2) is 4.27. The lowest BCUT2D eigenvalue weighted by Gasteiger charge is -2.30. The molecule has 3 heterocycles. The molecule has 0 saturated carbocycles. The number of rotatable bonds is 2. The molecule has 7 nitrogen and oxygen atoms in total. The van der Waals surface area contributed by atoms with Gasteiger partial charge in [-0.1, -0.05) is 0 Å².